The maximum Gasteiger partial charge on any atom is 0.214 e. The van der Waals surface area contributed by atoms with E-state index in [1.54, 1.807) is 0 Å². The Bertz CT molecular complexity index is 748. The zero-order valence-corrected chi connectivity index (χ0v) is 17.1. The molecule has 0 aromatic rings. The van der Waals surface area contributed by atoms with Crippen LogP contribution in [0.2, 0.25) is 0 Å². The topological polar surface area (TPSA) is 58.6 Å². The van der Waals surface area contributed by atoms with Gasteiger partial charge in [0.2, 0.25) is 10.0 Å². The van der Waals surface area contributed by atoms with Crippen LogP contribution in [-0.4, -0.2) is 31.2 Å². The average Bonchev–Trinajstić information content (AvgIpc) is 2.95. The number of alkyl halides is 1. The van der Waals surface area contributed by atoms with Gasteiger partial charge in [0.25, 0.3) is 0 Å². The summed E-state index contributed by atoms with van der Waals surface area (Å²) < 4.78 is 33.6. The highest BCUT2D eigenvalue weighted by Gasteiger charge is 2.53. The van der Waals surface area contributed by atoms with Crippen molar-refractivity contribution in [1.82, 2.24) is 9.62 Å². The molecule has 0 radical (unpaired) electrons. The van der Waals surface area contributed by atoms with Gasteiger partial charge < -0.3 is 9.64 Å². The lowest BCUT2D eigenvalue weighted by Gasteiger charge is -2.42. The number of hydrogen-bond donors (Lipinski definition) is 1. The van der Waals surface area contributed by atoms with E-state index in [2.05, 4.69) is 28.1 Å². The molecule has 0 aromatic carbocycles. The SMILES string of the molecule is Cl.O=S(=O)(CCCCl)NC1CC23CCCCC2=CN2C=CCCC2=C3O1. The molecule has 1 spiro atoms. The van der Waals surface area contributed by atoms with Crippen molar-refractivity contribution in [2.75, 3.05) is 11.6 Å². The van der Waals surface area contributed by atoms with Crippen LogP contribution in [0.5, 0.6) is 0 Å². The second kappa shape index (κ2) is 7.74. The molecular weight excluding hydrogens is 395 g/mol. The lowest BCUT2D eigenvalue weighted by atomic mass is 9.66. The third-order valence-corrected chi connectivity index (χ3v) is 7.40. The Hall–Kier alpha value is -0.690. The van der Waals surface area contributed by atoms with E-state index in [1.807, 2.05) is 0 Å². The summed E-state index contributed by atoms with van der Waals surface area (Å²) in [6, 6.07) is 0. The molecule has 26 heavy (non-hydrogen) atoms. The molecule has 0 aromatic heterocycles. The van der Waals surface area contributed by atoms with Crippen molar-refractivity contribution in [2.24, 2.45) is 5.41 Å². The normalized spacial score (nSPS) is 30.0. The van der Waals surface area contributed by atoms with Crippen LogP contribution in [0.1, 0.15) is 51.4 Å². The molecule has 2 unspecified atom stereocenters. The number of ether oxygens (including phenoxy) is 1. The van der Waals surface area contributed by atoms with Gasteiger partial charge in [0.1, 0.15) is 5.76 Å². The van der Waals surface area contributed by atoms with Gasteiger partial charge in [-0.05, 0) is 44.1 Å². The molecule has 1 saturated heterocycles. The Labute approximate surface area is 166 Å². The summed E-state index contributed by atoms with van der Waals surface area (Å²) in [5.41, 5.74) is 2.50. The molecule has 3 heterocycles. The van der Waals surface area contributed by atoms with Crippen molar-refractivity contribution in [3.63, 3.8) is 0 Å². The van der Waals surface area contributed by atoms with Crippen LogP contribution in [0.4, 0.5) is 0 Å². The highest BCUT2D eigenvalue weighted by Crippen LogP contribution is 2.58. The van der Waals surface area contributed by atoms with E-state index < -0.39 is 16.3 Å². The maximum atomic E-state index is 12.3. The summed E-state index contributed by atoms with van der Waals surface area (Å²) >= 11 is 5.64. The van der Waals surface area contributed by atoms with Crippen molar-refractivity contribution >= 4 is 34.0 Å². The fourth-order valence-corrected chi connectivity index (χ4v) is 6.06. The molecule has 1 saturated carbocycles. The van der Waals surface area contributed by atoms with Gasteiger partial charge in [-0.15, -0.1) is 24.0 Å². The van der Waals surface area contributed by atoms with Gasteiger partial charge in [-0.3, -0.25) is 0 Å². The van der Waals surface area contributed by atoms with Crippen molar-refractivity contribution < 1.29 is 13.2 Å². The van der Waals surface area contributed by atoms with Gasteiger partial charge >= 0.3 is 0 Å². The van der Waals surface area contributed by atoms with Gasteiger partial charge in [-0.2, -0.15) is 4.72 Å². The summed E-state index contributed by atoms with van der Waals surface area (Å²) in [7, 11) is -3.37. The molecule has 3 aliphatic heterocycles. The van der Waals surface area contributed by atoms with Crippen LogP contribution < -0.4 is 4.72 Å². The van der Waals surface area contributed by atoms with Gasteiger partial charge in [0.15, 0.2) is 6.23 Å². The van der Waals surface area contributed by atoms with Crippen LogP contribution in [0.15, 0.2) is 35.5 Å². The second-order valence-corrected chi connectivity index (χ2v) is 9.59. The van der Waals surface area contributed by atoms with Crippen LogP contribution >= 0.6 is 24.0 Å². The van der Waals surface area contributed by atoms with E-state index in [-0.39, 0.29) is 23.6 Å². The number of halogens is 2. The minimum absolute atomic E-state index is 0. The zero-order valence-electron chi connectivity index (χ0n) is 14.7. The van der Waals surface area contributed by atoms with E-state index >= 15 is 0 Å². The predicted molar refractivity (Wildman–Crippen MR) is 105 cm³/mol. The molecule has 0 amide bonds. The minimum Gasteiger partial charge on any atom is -0.476 e. The number of rotatable bonds is 5. The van der Waals surface area contributed by atoms with E-state index in [0.717, 1.165) is 31.4 Å². The quantitative estimate of drug-likeness (QED) is 0.683. The largest absolute Gasteiger partial charge is 0.476 e. The van der Waals surface area contributed by atoms with Crippen molar-refractivity contribution in [2.45, 2.75) is 57.6 Å². The smallest absolute Gasteiger partial charge is 0.214 e. The number of allylic oxidation sites excluding steroid dienone is 3. The Kier molecular flexibility index (Phi) is 5.97. The molecule has 2 fully saturated rings. The number of nitrogens with zero attached hydrogens (tertiary/aromatic N) is 1. The maximum absolute atomic E-state index is 12.3. The van der Waals surface area contributed by atoms with Crippen LogP contribution in [0.3, 0.4) is 0 Å². The summed E-state index contributed by atoms with van der Waals surface area (Å²) in [5, 5.41) is 0. The Balaban J connectivity index is 0.00000196. The molecular formula is C18H26Cl2N2O3S. The molecule has 4 rings (SSSR count). The van der Waals surface area contributed by atoms with E-state index in [9.17, 15) is 8.42 Å². The molecule has 0 bridgehead atoms. The Morgan fingerprint density at radius 1 is 1.35 bits per heavy atom. The highest BCUT2D eigenvalue weighted by atomic mass is 35.5. The number of fused-ring (bicyclic) bond motifs is 1. The van der Waals surface area contributed by atoms with Crippen LogP contribution in [-0.2, 0) is 14.8 Å². The zero-order chi connectivity index (χ0) is 17.5. The summed E-state index contributed by atoms with van der Waals surface area (Å²) in [5.74, 6) is 1.41. The number of nitrogens with one attached hydrogen (secondary N) is 1. The molecule has 4 aliphatic rings. The Morgan fingerprint density at radius 2 is 2.19 bits per heavy atom. The highest BCUT2D eigenvalue weighted by molar-refractivity contribution is 7.89. The first-order valence-electron chi connectivity index (χ1n) is 9.16. The fourth-order valence-electron chi connectivity index (χ4n) is 4.59. The van der Waals surface area contributed by atoms with Gasteiger partial charge in [-0.25, -0.2) is 8.42 Å². The summed E-state index contributed by atoms with van der Waals surface area (Å²) in [6.07, 6.45) is 13.7. The number of hydrogen-bond acceptors (Lipinski definition) is 4. The first-order chi connectivity index (χ1) is 12.0. The summed E-state index contributed by atoms with van der Waals surface area (Å²) in [6.45, 7) is 0. The summed E-state index contributed by atoms with van der Waals surface area (Å²) in [4.78, 5) is 2.18. The van der Waals surface area contributed by atoms with Crippen LogP contribution in [0, 0.1) is 5.41 Å². The predicted octanol–water partition coefficient (Wildman–Crippen LogP) is 3.98. The third-order valence-electron chi connectivity index (χ3n) is 5.68. The van der Waals surface area contributed by atoms with Crippen LogP contribution in [0.25, 0.3) is 0 Å². The Morgan fingerprint density at radius 3 is 3.00 bits per heavy atom. The van der Waals surface area contributed by atoms with Crippen molar-refractivity contribution in [1.29, 1.82) is 0 Å². The molecule has 1 aliphatic carbocycles. The molecule has 2 atom stereocenters. The lowest BCUT2D eigenvalue weighted by molar-refractivity contribution is 0.139. The molecule has 5 nitrogen and oxygen atoms in total. The number of sulfonamides is 1. The first kappa shape index (κ1) is 20.1. The van der Waals surface area contributed by atoms with Crippen molar-refractivity contribution in [3.05, 3.63) is 35.5 Å². The standard InChI is InChI=1S/C18H25ClN2O3S.ClH/c19-9-5-11-25(22,23)20-16-12-18-8-3-1-6-14(18)13-21-10-4-2-7-15(21)17(18)24-16;/h4,10,13,16,20H,1-3,5-9,11-12H2;1H. The van der Waals surface area contributed by atoms with E-state index in [4.69, 9.17) is 16.3 Å². The molecule has 8 heteroatoms. The van der Waals surface area contributed by atoms with E-state index in [1.165, 1.54) is 24.1 Å². The first-order valence-corrected chi connectivity index (χ1v) is 11.4. The monoisotopic (exact) mass is 420 g/mol. The second-order valence-electron chi connectivity index (χ2n) is 7.34. The minimum atomic E-state index is -3.37. The van der Waals surface area contributed by atoms with Crippen molar-refractivity contribution in [3.8, 4) is 0 Å². The third kappa shape index (κ3) is 3.53. The van der Waals surface area contributed by atoms with Gasteiger partial charge in [0, 0.05) is 24.7 Å². The fraction of sp³-hybridized carbons (Fsp3) is 0.667. The lowest BCUT2D eigenvalue weighted by Crippen LogP contribution is -2.37. The van der Waals surface area contributed by atoms with Gasteiger partial charge in [0.05, 0.1) is 16.9 Å². The average molecular weight is 421 g/mol. The van der Waals surface area contributed by atoms with Gasteiger partial charge in [-0.1, -0.05) is 12.5 Å². The molecule has 146 valence electrons. The molecule has 1 N–H and O–H groups in total. The van der Waals surface area contributed by atoms with E-state index in [0.29, 0.717) is 18.7 Å².